The van der Waals surface area contributed by atoms with Gasteiger partial charge in [-0.2, -0.15) is 0 Å². The van der Waals surface area contributed by atoms with Gasteiger partial charge in [-0.3, -0.25) is 9.00 Å². The standard InChI is InChI=1S/C19H23NO2S/c1-14(2)17-11-9-16(10-12-17)13-23(22)15(3)19(21)20-18-7-5-4-6-8-18/h4-12,14-15H,13H2,1-3H3,(H,20,21)/t15-,23-/m0/s1. The predicted octanol–water partition coefficient (Wildman–Crippen LogP) is 4.09. The third-order valence-electron chi connectivity index (χ3n) is 3.76. The first-order valence-corrected chi connectivity index (χ1v) is 9.17. The fourth-order valence-corrected chi connectivity index (χ4v) is 3.24. The number of para-hydroxylation sites is 1. The number of rotatable bonds is 6. The molecule has 0 aliphatic heterocycles. The molecule has 0 aliphatic carbocycles. The van der Waals surface area contributed by atoms with E-state index in [9.17, 15) is 9.00 Å². The third kappa shape index (κ3) is 5.03. The van der Waals surface area contributed by atoms with Crippen molar-refractivity contribution in [3.63, 3.8) is 0 Å². The summed E-state index contributed by atoms with van der Waals surface area (Å²) < 4.78 is 12.4. The molecule has 4 heteroatoms. The monoisotopic (exact) mass is 329 g/mol. The number of hydrogen-bond donors (Lipinski definition) is 1. The summed E-state index contributed by atoms with van der Waals surface area (Å²) in [6.45, 7) is 5.99. The number of amides is 1. The van der Waals surface area contributed by atoms with Crippen LogP contribution < -0.4 is 5.32 Å². The number of carbonyl (C=O) groups excluding carboxylic acids is 1. The predicted molar refractivity (Wildman–Crippen MR) is 96.9 cm³/mol. The third-order valence-corrected chi connectivity index (χ3v) is 5.38. The fraction of sp³-hybridized carbons (Fsp3) is 0.316. The highest BCUT2D eigenvalue weighted by Crippen LogP contribution is 2.16. The Morgan fingerprint density at radius 2 is 1.61 bits per heavy atom. The van der Waals surface area contributed by atoms with Crippen LogP contribution in [-0.2, 0) is 21.3 Å². The number of nitrogens with one attached hydrogen (secondary N) is 1. The Morgan fingerprint density at radius 1 is 1.00 bits per heavy atom. The second-order valence-corrected chi connectivity index (χ2v) is 7.68. The van der Waals surface area contributed by atoms with Gasteiger partial charge in [-0.15, -0.1) is 0 Å². The van der Waals surface area contributed by atoms with Crippen molar-refractivity contribution in [2.24, 2.45) is 0 Å². The number of carbonyl (C=O) groups is 1. The zero-order chi connectivity index (χ0) is 16.8. The van der Waals surface area contributed by atoms with E-state index < -0.39 is 16.0 Å². The maximum absolute atomic E-state index is 12.4. The molecule has 2 aromatic carbocycles. The summed E-state index contributed by atoms with van der Waals surface area (Å²) in [5.74, 6) is 0.653. The van der Waals surface area contributed by atoms with E-state index in [0.717, 1.165) is 11.3 Å². The Hall–Kier alpha value is -1.94. The van der Waals surface area contributed by atoms with Crippen molar-refractivity contribution >= 4 is 22.4 Å². The topological polar surface area (TPSA) is 46.2 Å². The summed E-state index contributed by atoms with van der Waals surface area (Å²) in [5.41, 5.74) is 2.98. The van der Waals surface area contributed by atoms with Crippen LogP contribution in [-0.4, -0.2) is 15.4 Å². The average molecular weight is 329 g/mol. The van der Waals surface area contributed by atoms with E-state index in [4.69, 9.17) is 0 Å². The molecule has 0 spiro atoms. The second kappa shape index (κ2) is 8.06. The minimum atomic E-state index is -1.25. The first kappa shape index (κ1) is 17.4. The molecule has 2 atom stereocenters. The van der Waals surface area contributed by atoms with Crippen molar-refractivity contribution in [1.29, 1.82) is 0 Å². The molecule has 1 N–H and O–H groups in total. The van der Waals surface area contributed by atoms with E-state index in [1.54, 1.807) is 6.92 Å². The lowest BCUT2D eigenvalue weighted by Gasteiger charge is -2.13. The molecule has 3 nitrogen and oxygen atoms in total. The Bertz CT molecular complexity index is 666. The molecule has 2 aromatic rings. The highest BCUT2D eigenvalue weighted by atomic mass is 32.2. The number of anilines is 1. The molecule has 2 rings (SSSR count). The molecular formula is C19H23NO2S. The average Bonchev–Trinajstić information content (AvgIpc) is 2.55. The van der Waals surface area contributed by atoms with Gasteiger partial charge >= 0.3 is 0 Å². The van der Waals surface area contributed by atoms with Crippen LogP contribution >= 0.6 is 0 Å². The smallest absolute Gasteiger partial charge is 0.239 e. The fourth-order valence-electron chi connectivity index (χ4n) is 2.17. The summed E-state index contributed by atoms with van der Waals surface area (Å²) in [6, 6.07) is 17.3. The van der Waals surface area contributed by atoms with Crippen molar-refractivity contribution in [1.82, 2.24) is 0 Å². The minimum Gasteiger partial charge on any atom is -0.325 e. The Morgan fingerprint density at radius 3 is 2.17 bits per heavy atom. The second-order valence-electron chi connectivity index (χ2n) is 5.92. The maximum Gasteiger partial charge on any atom is 0.239 e. The first-order chi connectivity index (χ1) is 11.0. The highest BCUT2D eigenvalue weighted by molar-refractivity contribution is 7.85. The van der Waals surface area contributed by atoms with Crippen molar-refractivity contribution in [2.75, 3.05) is 5.32 Å². The van der Waals surface area contributed by atoms with Crippen molar-refractivity contribution in [2.45, 2.75) is 37.7 Å². The lowest BCUT2D eigenvalue weighted by atomic mass is 10.0. The zero-order valence-corrected chi connectivity index (χ0v) is 14.6. The van der Waals surface area contributed by atoms with Gasteiger partial charge in [-0.1, -0.05) is 56.3 Å². The minimum absolute atomic E-state index is 0.215. The largest absolute Gasteiger partial charge is 0.325 e. The molecule has 0 aliphatic rings. The van der Waals surface area contributed by atoms with Crippen LogP contribution in [0, 0.1) is 0 Å². The summed E-state index contributed by atoms with van der Waals surface area (Å²) >= 11 is 0. The van der Waals surface area contributed by atoms with Gasteiger partial charge in [0, 0.05) is 22.2 Å². The molecule has 0 unspecified atom stereocenters. The summed E-state index contributed by atoms with van der Waals surface area (Å²) in [6.07, 6.45) is 0. The van der Waals surface area contributed by atoms with E-state index in [1.807, 2.05) is 42.5 Å². The lowest BCUT2D eigenvalue weighted by molar-refractivity contribution is -0.115. The van der Waals surface area contributed by atoms with Crippen molar-refractivity contribution in [3.8, 4) is 0 Å². The molecule has 122 valence electrons. The van der Waals surface area contributed by atoms with Gasteiger partial charge in [-0.05, 0) is 36.1 Å². The van der Waals surface area contributed by atoms with E-state index in [2.05, 4.69) is 31.3 Å². The molecule has 0 saturated carbocycles. The van der Waals surface area contributed by atoms with E-state index in [-0.39, 0.29) is 5.91 Å². The molecule has 0 radical (unpaired) electrons. The van der Waals surface area contributed by atoms with Gasteiger partial charge in [0.2, 0.25) is 5.91 Å². The normalized spacial score (nSPS) is 13.6. The molecule has 0 aromatic heterocycles. The Balaban J connectivity index is 1.95. The van der Waals surface area contributed by atoms with Crippen LogP contribution in [0.3, 0.4) is 0 Å². The van der Waals surface area contributed by atoms with Gasteiger partial charge < -0.3 is 5.32 Å². The van der Waals surface area contributed by atoms with E-state index in [0.29, 0.717) is 11.7 Å². The quantitative estimate of drug-likeness (QED) is 0.868. The molecule has 0 fully saturated rings. The highest BCUT2D eigenvalue weighted by Gasteiger charge is 2.20. The van der Waals surface area contributed by atoms with E-state index >= 15 is 0 Å². The molecule has 0 heterocycles. The van der Waals surface area contributed by atoms with Gasteiger partial charge in [-0.25, -0.2) is 0 Å². The zero-order valence-electron chi connectivity index (χ0n) is 13.8. The molecule has 0 saturated heterocycles. The number of benzene rings is 2. The molecule has 0 bridgehead atoms. The van der Waals surface area contributed by atoms with E-state index in [1.165, 1.54) is 5.56 Å². The van der Waals surface area contributed by atoms with Gasteiger partial charge in [0.15, 0.2) is 0 Å². The van der Waals surface area contributed by atoms with Crippen LogP contribution in [0.4, 0.5) is 5.69 Å². The summed E-state index contributed by atoms with van der Waals surface area (Å²) in [5, 5.41) is 2.24. The van der Waals surface area contributed by atoms with Crippen molar-refractivity contribution in [3.05, 3.63) is 65.7 Å². The molecule has 23 heavy (non-hydrogen) atoms. The maximum atomic E-state index is 12.4. The van der Waals surface area contributed by atoms with Gasteiger partial charge in [0.25, 0.3) is 0 Å². The molecular weight excluding hydrogens is 306 g/mol. The summed E-state index contributed by atoms with van der Waals surface area (Å²) in [4.78, 5) is 12.2. The SMILES string of the molecule is CC(C)c1ccc(C[S@](=O)[C@@H](C)C(=O)Nc2ccccc2)cc1. The van der Waals surface area contributed by atoms with Crippen LogP contribution in [0.1, 0.15) is 37.8 Å². The van der Waals surface area contributed by atoms with Crippen LogP contribution in [0.5, 0.6) is 0 Å². The first-order valence-electron chi connectivity index (χ1n) is 7.79. The Kier molecular flexibility index (Phi) is 6.11. The number of hydrogen-bond acceptors (Lipinski definition) is 2. The van der Waals surface area contributed by atoms with Crippen LogP contribution in [0.15, 0.2) is 54.6 Å². The Labute approximate surface area is 140 Å². The van der Waals surface area contributed by atoms with Gasteiger partial charge in [0.05, 0.1) is 0 Å². The van der Waals surface area contributed by atoms with Crippen LogP contribution in [0.2, 0.25) is 0 Å². The van der Waals surface area contributed by atoms with Crippen LogP contribution in [0.25, 0.3) is 0 Å². The van der Waals surface area contributed by atoms with Gasteiger partial charge in [0.1, 0.15) is 5.25 Å². The van der Waals surface area contributed by atoms with Crippen molar-refractivity contribution < 1.29 is 9.00 Å². The summed E-state index contributed by atoms with van der Waals surface area (Å²) in [7, 11) is -1.25. The molecule has 1 amide bonds. The lowest BCUT2D eigenvalue weighted by Crippen LogP contribution is -2.29.